The molecule has 4 heteroatoms. The number of carbonyl (C=O) groups is 1. The van der Waals surface area contributed by atoms with E-state index < -0.39 is 0 Å². The highest BCUT2D eigenvalue weighted by Crippen LogP contribution is 1.97. The van der Waals surface area contributed by atoms with Gasteiger partial charge in [0.1, 0.15) is 0 Å². The molecule has 0 aliphatic heterocycles. The van der Waals surface area contributed by atoms with Crippen molar-refractivity contribution in [2.45, 2.75) is 25.9 Å². The summed E-state index contributed by atoms with van der Waals surface area (Å²) in [5, 5.41) is 7.70. The molecule has 0 aromatic heterocycles. The summed E-state index contributed by atoms with van der Waals surface area (Å²) in [4.78, 5) is 11.2. The van der Waals surface area contributed by atoms with Gasteiger partial charge in [0.05, 0.1) is 6.04 Å². The highest BCUT2D eigenvalue weighted by molar-refractivity contribution is 7.79. The zero-order chi connectivity index (χ0) is 12.5. The van der Waals surface area contributed by atoms with Gasteiger partial charge < -0.3 is 10.6 Å². The molecule has 2 N–H and O–H groups in total. The third-order valence-corrected chi connectivity index (χ3v) is 2.70. The molecule has 0 heterocycles. The molecule has 1 rings (SSSR count). The second kappa shape index (κ2) is 7.92. The van der Waals surface area contributed by atoms with Crippen molar-refractivity contribution in [3.63, 3.8) is 0 Å². The van der Waals surface area contributed by atoms with Crippen molar-refractivity contribution in [3.8, 4) is 0 Å². The Bertz CT molecular complexity index is 354. The van der Waals surface area contributed by atoms with E-state index in [9.17, 15) is 4.79 Å². The van der Waals surface area contributed by atoms with E-state index in [0.717, 1.165) is 6.54 Å². The minimum atomic E-state index is -0.0823. The Kier molecular flexibility index (Phi) is 6.43. The fourth-order valence-corrected chi connectivity index (χ4v) is 1.57. The zero-order valence-electron chi connectivity index (χ0n) is 9.98. The number of rotatable bonds is 7. The van der Waals surface area contributed by atoms with Gasteiger partial charge in [-0.05, 0) is 5.56 Å². The Morgan fingerprint density at radius 3 is 2.71 bits per heavy atom. The maximum absolute atomic E-state index is 11.2. The molecule has 0 radical (unpaired) electrons. The summed E-state index contributed by atoms with van der Waals surface area (Å²) in [6.45, 7) is 3.26. The average Bonchev–Trinajstić information content (AvgIpc) is 2.38. The van der Waals surface area contributed by atoms with Gasteiger partial charge in [-0.2, -0.15) is 0 Å². The summed E-state index contributed by atoms with van der Waals surface area (Å²) in [5.74, 6) is 0.0256. The van der Waals surface area contributed by atoms with Crippen LogP contribution in [0.5, 0.6) is 0 Å². The van der Waals surface area contributed by atoms with Crippen LogP contribution < -0.4 is 10.6 Å². The molecule has 1 unspecified atom stereocenters. The highest BCUT2D eigenvalue weighted by Gasteiger charge is 2.06. The summed E-state index contributed by atoms with van der Waals surface area (Å²) in [5.41, 5.74) is 1.22. The van der Waals surface area contributed by atoms with Crippen LogP contribution in [0.2, 0.25) is 0 Å². The van der Waals surface area contributed by atoms with Crippen LogP contribution in [0.1, 0.15) is 18.9 Å². The quantitative estimate of drug-likeness (QED) is 0.723. The van der Waals surface area contributed by atoms with E-state index in [4.69, 9.17) is 12.2 Å². The van der Waals surface area contributed by atoms with Crippen molar-refractivity contribution in [1.29, 1.82) is 0 Å². The molecule has 0 saturated carbocycles. The normalized spacial score (nSPS) is 11.8. The Balaban J connectivity index is 2.29. The molecule has 1 aromatic carbocycles. The largest absolute Gasteiger partial charge is 0.348 e. The smallest absolute Gasteiger partial charge is 0.220 e. The van der Waals surface area contributed by atoms with Gasteiger partial charge in [-0.15, -0.1) is 0 Å². The monoisotopic (exact) mass is 250 g/mol. The van der Waals surface area contributed by atoms with Gasteiger partial charge in [-0.25, -0.2) is 0 Å². The molecule has 0 saturated heterocycles. The van der Waals surface area contributed by atoms with E-state index in [1.54, 1.807) is 5.37 Å². The van der Waals surface area contributed by atoms with Crippen LogP contribution in [0.15, 0.2) is 30.3 Å². The first-order valence-electron chi connectivity index (χ1n) is 5.75. The van der Waals surface area contributed by atoms with Crippen molar-refractivity contribution in [2.24, 2.45) is 0 Å². The zero-order valence-corrected chi connectivity index (χ0v) is 10.8. The van der Waals surface area contributed by atoms with Crippen LogP contribution in [0.4, 0.5) is 0 Å². The van der Waals surface area contributed by atoms with E-state index in [-0.39, 0.29) is 11.9 Å². The van der Waals surface area contributed by atoms with E-state index in [0.29, 0.717) is 13.0 Å². The van der Waals surface area contributed by atoms with Crippen LogP contribution in [-0.4, -0.2) is 23.9 Å². The van der Waals surface area contributed by atoms with E-state index in [1.165, 1.54) is 5.56 Å². The Hall–Kier alpha value is -1.26. The summed E-state index contributed by atoms with van der Waals surface area (Å²) < 4.78 is 0. The molecule has 0 aliphatic rings. The standard InChI is InChI=1S/C13H18N2OS/c1-2-13(16)15-12(10-17)9-14-8-11-6-4-3-5-7-11/h3-7,10,12,14H,2,8-9H2,1H3,(H,15,16). The first kappa shape index (κ1) is 13.8. The third-order valence-electron chi connectivity index (χ3n) is 2.37. The number of nitrogens with one attached hydrogen (secondary N) is 2. The van der Waals surface area contributed by atoms with Crippen LogP contribution in [0.3, 0.4) is 0 Å². The Morgan fingerprint density at radius 1 is 1.41 bits per heavy atom. The summed E-state index contributed by atoms with van der Waals surface area (Å²) in [6, 6.07) is 10.0. The van der Waals surface area contributed by atoms with E-state index in [1.807, 2.05) is 25.1 Å². The molecule has 0 fully saturated rings. The molecule has 0 bridgehead atoms. The summed E-state index contributed by atoms with van der Waals surface area (Å²) in [6.07, 6.45) is 0.484. The van der Waals surface area contributed by atoms with Gasteiger partial charge >= 0.3 is 0 Å². The van der Waals surface area contributed by atoms with Crippen LogP contribution >= 0.6 is 12.2 Å². The minimum Gasteiger partial charge on any atom is -0.348 e. The van der Waals surface area contributed by atoms with Crippen LogP contribution in [-0.2, 0) is 11.3 Å². The van der Waals surface area contributed by atoms with E-state index in [2.05, 4.69) is 22.8 Å². The summed E-state index contributed by atoms with van der Waals surface area (Å²) >= 11 is 4.89. The van der Waals surface area contributed by atoms with Gasteiger partial charge in [0.15, 0.2) is 0 Å². The van der Waals surface area contributed by atoms with Crippen LogP contribution in [0, 0.1) is 0 Å². The lowest BCUT2D eigenvalue weighted by atomic mass is 10.2. The van der Waals surface area contributed by atoms with Crippen molar-refractivity contribution >= 4 is 23.5 Å². The summed E-state index contributed by atoms with van der Waals surface area (Å²) in [7, 11) is 0. The average molecular weight is 250 g/mol. The Labute approximate surface area is 108 Å². The number of amides is 1. The fourth-order valence-electron chi connectivity index (χ4n) is 1.41. The van der Waals surface area contributed by atoms with Crippen molar-refractivity contribution in [1.82, 2.24) is 10.6 Å². The number of benzene rings is 1. The molecule has 0 aliphatic carbocycles. The number of hydrogen-bond acceptors (Lipinski definition) is 3. The van der Waals surface area contributed by atoms with Gasteiger partial charge in [0.25, 0.3) is 0 Å². The van der Waals surface area contributed by atoms with Crippen LogP contribution in [0.25, 0.3) is 0 Å². The molecular formula is C13H18N2OS. The maximum atomic E-state index is 11.2. The highest BCUT2D eigenvalue weighted by atomic mass is 32.1. The van der Waals surface area contributed by atoms with Crippen molar-refractivity contribution < 1.29 is 4.79 Å². The molecule has 1 atom stereocenters. The lowest BCUT2D eigenvalue weighted by Crippen LogP contribution is -2.42. The SMILES string of the molecule is CCC(=O)NC(C=S)CNCc1ccccc1. The van der Waals surface area contributed by atoms with Crippen molar-refractivity contribution in [3.05, 3.63) is 35.9 Å². The number of carbonyl (C=O) groups excluding carboxylic acids is 1. The molecule has 17 heavy (non-hydrogen) atoms. The van der Waals surface area contributed by atoms with Gasteiger partial charge in [0.2, 0.25) is 5.91 Å². The van der Waals surface area contributed by atoms with E-state index >= 15 is 0 Å². The molecular weight excluding hydrogens is 232 g/mol. The predicted octanol–water partition coefficient (Wildman–Crippen LogP) is 1.67. The number of thiocarbonyl (C=S) groups is 1. The van der Waals surface area contributed by atoms with Gasteiger partial charge in [0, 0.05) is 24.9 Å². The second-order valence-corrected chi connectivity index (χ2v) is 4.05. The third kappa shape index (κ3) is 5.56. The topological polar surface area (TPSA) is 41.1 Å². The van der Waals surface area contributed by atoms with Gasteiger partial charge in [-0.1, -0.05) is 49.5 Å². The molecule has 1 aromatic rings. The maximum Gasteiger partial charge on any atom is 0.220 e. The minimum absolute atomic E-state index is 0.0256. The second-order valence-electron chi connectivity index (χ2n) is 3.78. The lowest BCUT2D eigenvalue weighted by molar-refractivity contribution is -0.121. The molecule has 0 spiro atoms. The number of hydrogen-bond donors (Lipinski definition) is 2. The Morgan fingerprint density at radius 2 is 2.12 bits per heavy atom. The fraction of sp³-hybridized carbons (Fsp3) is 0.385. The predicted molar refractivity (Wildman–Crippen MR) is 74.0 cm³/mol. The molecule has 1 amide bonds. The first-order chi connectivity index (χ1) is 8.26. The van der Waals surface area contributed by atoms with Gasteiger partial charge in [-0.3, -0.25) is 4.79 Å². The lowest BCUT2D eigenvalue weighted by Gasteiger charge is -2.14. The van der Waals surface area contributed by atoms with Crippen molar-refractivity contribution in [2.75, 3.05) is 6.54 Å². The molecule has 3 nitrogen and oxygen atoms in total. The first-order valence-corrected chi connectivity index (χ1v) is 6.22. The molecule has 92 valence electrons.